The Morgan fingerprint density at radius 1 is 1.53 bits per heavy atom. The number of halogens is 3. The van der Waals surface area contributed by atoms with E-state index < -0.39 is 12.8 Å². The van der Waals surface area contributed by atoms with E-state index in [9.17, 15) is 13.2 Å². The first kappa shape index (κ1) is 14.6. The van der Waals surface area contributed by atoms with Crippen molar-refractivity contribution in [1.29, 1.82) is 0 Å². The van der Waals surface area contributed by atoms with Gasteiger partial charge in [0.1, 0.15) is 6.61 Å². The molecule has 1 saturated heterocycles. The monoisotopic (exact) mass is 270 g/mol. The Morgan fingerprint density at radius 2 is 2.29 bits per heavy atom. The van der Waals surface area contributed by atoms with Crippen LogP contribution in [0, 0.1) is 0 Å². The number of nitrogens with zero attached hydrogens (tertiary/aromatic N) is 1. The van der Waals surface area contributed by atoms with Crippen molar-refractivity contribution in [3.63, 3.8) is 0 Å². The summed E-state index contributed by atoms with van der Waals surface area (Å²) in [5.74, 6) is 1.01. The van der Waals surface area contributed by atoms with Crippen LogP contribution in [0.1, 0.15) is 19.8 Å². The summed E-state index contributed by atoms with van der Waals surface area (Å²) >= 11 is 1.61. The van der Waals surface area contributed by atoms with Crippen LogP contribution in [0.3, 0.4) is 0 Å². The number of nitrogens with one attached hydrogen (secondary N) is 1. The molecule has 0 saturated carbocycles. The molecule has 3 nitrogen and oxygen atoms in total. The molecule has 1 unspecified atom stereocenters. The maximum Gasteiger partial charge on any atom is 0.411 e. The van der Waals surface area contributed by atoms with E-state index >= 15 is 0 Å². The highest BCUT2D eigenvalue weighted by atomic mass is 32.2. The molecule has 0 aromatic carbocycles. The van der Waals surface area contributed by atoms with Crippen molar-refractivity contribution in [3.8, 4) is 0 Å². The van der Waals surface area contributed by atoms with Crippen molar-refractivity contribution in [1.82, 2.24) is 5.32 Å². The Kier molecular flexibility index (Phi) is 6.11. The molecule has 1 fully saturated rings. The minimum Gasteiger partial charge on any atom is -0.370 e. The molecule has 1 aliphatic heterocycles. The van der Waals surface area contributed by atoms with E-state index in [4.69, 9.17) is 0 Å². The van der Waals surface area contributed by atoms with Crippen LogP contribution < -0.4 is 5.32 Å². The van der Waals surface area contributed by atoms with Gasteiger partial charge in [0.2, 0.25) is 0 Å². The van der Waals surface area contributed by atoms with Crippen molar-refractivity contribution in [2.24, 2.45) is 4.99 Å². The first-order valence-corrected chi connectivity index (χ1v) is 6.58. The van der Waals surface area contributed by atoms with E-state index in [0.717, 1.165) is 23.8 Å². The van der Waals surface area contributed by atoms with Crippen molar-refractivity contribution in [2.75, 3.05) is 25.5 Å². The summed E-state index contributed by atoms with van der Waals surface area (Å²) in [4.78, 5) is 4.18. The summed E-state index contributed by atoms with van der Waals surface area (Å²) in [5.41, 5.74) is 0. The van der Waals surface area contributed by atoms with E-state index in [2.05, 4.69) is 22.0 Å². The number of aliphatic imine (C=N–C) groups is 1. The summed E-state index contributed by atoms with van der Waals surface area (Å²) in [6.07, 6.45) is -2.12. The zero-order valence-electron chi connectivity index (χ0n) is 9.72. The topological polar surface area (TPSA) is 33.6 Å². The number of hydrogen-bond acceptors (Lipinski definition) is 3. The number of thioether (sulfide) groups is 1. The summed E-state index contributed by atoms with van der Waals surface area (Å²) in [6.45, 7) is 1.16. The number of rotatable bonds is 5. The van der Waals surface area contributed by atoms with Crippen molar-refractivity contribution in [2.45, 2.75) is 32.0 Å². The minimum absolute atomic E-state index is 0.00203. The maximum absolute atomic E-state index is 11.8. The molecule has 0 spiro atoms. The van der Waals surface area contributed by atoms with Gasteiger partial charge in [0.15, 0.2) is 5.17 Å². The first-order chi connectivity index (χ1) is 8.01. The van der Waals surface area contributed by atoms with Gasteiger partial charge in [-0.3, -0.25) is 4.99 Å². The van der Waals surface area contributed by atoms with E-state index in [1.807, 2.05) is 0 Å². The highest BCUT2D eigenvalue weighted by Gasteiger charge is 2.27. The summed E-state index contributed by atoms with van der Waals surface area (Å²) in [6, 6.07) is 0.436. The number of amidine groups is 1. The third kappa shape index (κ3) is 6.78. The molecular weight excluding hydrogens is 253 g/mol. The molecule has 0 aromatic rings. The van der Waals surface area contributed by atoms with E-state index in [-0.39, 0.29) is 13.2 Å². The Labute approximate surface area is 103 Å². The predicted molar refractivity (Wildman–Crippen MR) is 63.5 cm³/mol. The molecule has 0 amide bonds. The van der Waals surface area contributed by atoms with Crippen molar-refractivity contribution >= 4 is 16.9 Å². The average Bonchev–Trinajstić information content (AvgIpc) is 2.27. The second kappa shape index (κ2) is 7.10. The van der Waals surface area contributed by atoms with Gasteiger partial charge in [-0.1, -0.05) is 18.7 Å². The van der Waals surface area contributed by atoms with Crippen LogP contribution in [-0.2, 0) is 4.74 Å². The predicted octanol–water partition coefficient (Wildman–Crippen LogP) is 2.43. The van der Waals surface area contributed by atoms with Gasteiger partial charge in [-0.25, -0.2) is 0 Å². The lowest BCUT2D eigenvalue weighted by atomic mass is 10.2. The Morgan fingerprint density at radius 3 is 2.94 bits per heavy atom. The van der Waals surface area contributed by atoms with Gasteiger partial charge in [0, 0.05) is 11.8 Å². The summed E-state index contributed by atoms with van der Waals surface area (Å²) in [5, 5.41) is 4.06. The zero-order valence-corrected chi connectivity index (χ0v) is 10.5. The average molecular weight is 270 g/mol. The van der Waals surface area contributed by atoms with E-state index in [1.54, 1.807) is 11.8 Å². The van der Waals surface area contributed by atoms with Crippen LogP contribution in [0.2, 0.25) is 0 Å². The molecule has 0 aliphatic carbocycles. The molecule has 7 heteroatoms. The molecule has 0 radical (unpaired) electrons. The van der Waals surface area contributed by atoms with Gasteiger partial charge in [-0.2, -0.15) is 13.2 Å². The molecule has 1 atom stereocenters. The second-order valence-corrected chi connectivity index (χ2v) is 4.82. The number of alkyl halides is 3. The van der Waals surface area contributed by atoms with Gasteiger partial charge in [0.05, 0.1) is 13.2 Å². The second-order valence-electron chi connectivity index (χ2n) is 3.74. The number of hydrogen-bond donors (Lipinski definition) is 1. The van der Waals surface area contributed by atoms with Crippen LogP contribution in [-0.4, -0.2) is 42.9 Å². The van der Waals surface area contributed by atoms with Crippen LogP contribution in [0.4, 0.5) is 13.2 Å². The molecule has 1 heterocycles. The Balaban J connectivity index is 2.15. The summed E-state index contributed by atoms with van der Waals surface area (Å²) in [7, 11) is 0. The quantitative estimate of drug-likeness (QED) is 0.779. The fourth-order valence-electron chi connectivity index (χ4n) is 1.38. The molecule has 1 aliphatic rings. The van der Waals surface area contributed by atoms with E-state index in [0.29, 0.717) is 6.04 Å². The minimum atomic E-state index is -4.25. The molecule has 100 valence electrons. The van der Waals surface area contributed by atoms with Crippen LogP contribution in [0.5, 0.6) is 0 Å². The maximum atomic E-state index is 11.8. The zero-order chi connectivity index (χ0) is 12.7. The number of ether oxygens (including phenoxy) is 1. The first-order valence-electron chi connectivity index (χ1n) is 5.59. The third-order valence-corrected chi connectivity index (χ3v) is 3.24. The SMILES string of the molecule is CCC1CCSC(=NCCOCC(F)(F)F)N1. The van der Waals surface area contributed by atoms with Crippen LogP contribution in [0.25, 0.3) is 0 Å². The van der Waals surface area contributed by atoms with Gasteiger partial charge in [-0.05, 0) is 12.8 Å². The molecule has 1 rings (SSSR count). The normalized spacial score (nSPS) is 23.8. The molecular formula is C10H17F3N2OS. The Bertz CT molecular complexity index is 258. The smallest absolute Gasteiger partial charge is 0.370 e. The summed E-state index contributed by atoms with van der Waals surface area (Å²) < 4.78 is 39.7. The third-order valence-electron chi connectivity index (χ3n) is 2.28. The van der Waals surface area contributed by atoms with Crippen molar-refractivity contribution in [3.05, 3.63) is 0 Å². The standard InChI is InChI=1S/C10H17F3N2OS/c1-2-8-3-6-17-9(15-8)14-4-5-16-7-10(11,12)13/h8H,2-7H2,1H3,(H,14,15). The fourth-order valence-corrected chi connectivity index (χ4v) is 2.41. The molecule has 0 aromatic heterocycles. The van der Waals surface area contributed by atoms with E-state index in [1.165, 1.54) is 0 Å². The molecule has 1 N–H and O–H groups in total. The lowest BCUT2D eigenvalue weighted by Gasteiger charge is -2.24. The van der Waals surface area contributed by atoms with Gasteiger partial charge in [-0.15, -0.1) is 0 Å². The van der Waals surface area contributed by atoms with Crippen LogP contribution in [0.15, 0.2) is 4.99 Å². The molecule has 0 bridgehead atoms. The van der Waals surface area contributed by atoms with Gasteiger partial charge < -0.3 is 10.1 Å². The Hall–Kier alpha value is -0.430. The highest BCUT2D eigenvalue weighted by molar-refractivity contribution is 8.13. The lowest BCUT2D eigenvalue weighted by Crippen LogP contribution is -2.37. The van der Waals surface area contributed by atoms with Crippen molar-refractivity contribution < 1.29 is 17.9 Å². The fraction of sp³-hybridized carbons (Fsp3) is 0.900. The van der Waals surface area contributed by atoms with Gasteiger partial charge in [0.25, 0.3) is 0 Å². The largest absolute Gasteiger partial charge is 0.411 e. The van der Waals surface area contributed by atoms with Crippen LogP contribution >= 0.6 is 11.8 Å². The van der Waals surface area contributed by atoms with Gasteiger partial charge >= 0.3 is 6.18 Å². The lowest BCUT2D eigenvalue weighted by molar-refractivity contribution is -0.173. The molecule has 17 heavy (non-hydrogen) atoms. The highest BCUT2D eigenvalue weighted by Crippen LogP contribution is 2.16.